The number of rotatable bonds is 25. The second-order valence-electron chi connectivity index (χ2n) is 14.8. The molecule has 0 atom stereocenters. The molecule has 0 saturated heterocycles. The van der Waals surface area contributed by atoms with Crippen molar-refractivity contribution in [1.29, 1.82) is 0 Å². The second kappa shape index (κ2) is 21.8. The molecule has 0 bridgehead atoms. The Hall–Kier alpha value is -3.34. The van der Waals surface area contributed by atoms with Crippen LogP contribution in [0.1, 0.15) is 81.1 Å². The van der Waals surface area contributed by atoms with Crippen molar-refractivity contribution >= 4 is 35.7 Å². The summed E-state index contributed by atoms with van der Waals surface area (Å²) in [6.07, 6.45) is -0.122. The van der Waals surface area contributed by atoms with Crippen molar-refractivity contribution in [2.45, 2.75) is 81.1 Å². The maximum atomic E-state index is 13.5. The van der Waals surface area contributed by atoms with Crippen molar-refractivity contribution in [1.82, 2.24) is 10.6 Å². The molecule has 0 aromatic rings. The Bertz CT molecular complexity index is 965. The van der Waals surface area contributed by atoms with Crippen LogP contribution in [0.2, 0.25) is 0 Å². The van der Waals surface area contributed by atoms with E-state index in [1.54, 1.807) is 55.4 Å². The summed E-state index contributed by atoms with van der Waals surface area (Å²) in [6.45, 7) is 10.1. The summed E-state index contributed by atoms with van der Waals surface area (Å²) in [5.41, 5.74) is -4.72. The normalized spacial score (nSPS) is 12.4. The maximum Gasteiger partial charge on any atom is 0.311 e. The van der Waals surface area contributed by atoms with Gasteiger partial charge < -0.3 is 50.0 Å². The molecule has 0 aromatic carbocycles. The number of nitrogens with one attached hydrogen (secondary N) is 2. The quantitative estimate of drug-likeness (QED) is 0.0421. The van der Waals surface area contributed by atoms with Crippen molar-refractivity contribution in [2.75, 3.05) is 65.9 Å². The first-order valence-electron chi connectivity index (χ1n) is 16.8. The largest absolute Gasteiger partial charge is 0.463 e. The summed E-state index contributed by atoms with van der Waals surface area (Å²) >= 11 is 0. The Morgan fingerprint density at radius 1 is 0.440 bits per heavy atom. The van der Waals surface area contributed by atoms with Crippen molar-refractivity contribution in [2.24, 2.45) is 33.5 Å². The molecule has 2 amide bonds. The number of amides is 2. The monoisotopic (exact) mass is 720 g/mol. The lowest BCUT2D eigenvalue weighted by molar-refractivity contribution is -0.160. The fourth-order valence-corrected chi connectivity index (χ4v) is 5.31. The summed E-state index contributed by atoms with van der Waals surface area (Å²) in [7, 11) is 0. The summed E-state index contributed by atoms with van der Waals surface area (Å²) in [5.74, 6) is -5.40. The van der Waals surface area contributed by atoms with Crippen molar-refractivity contribution in [3.8, 4) is 0 Å². The number of ether oxygens (including phenoxy) is 4. The number of aliphatic hydroxyl groups excluding tert-OH is 4. The third-order valence-electron chi connectivity index (χ3n) is 8.00. The molecule has 16 heteroatoms. The standard InChI is InChI=1S/C34H60N2O14/c1-31(2,27(43)47-15-11-37)19-23(20-32(3,4)28(44)48-16-12-38)25(41)35-9-10-36-26(42)24(21-33(5,6)29(45)49-17-13-39)22-34(7,8)30(46)50-18-14-40/h23-24,37-40H,9-22H2,1-8H3,(H,35,41)(H,36,42). The Kier molecular flexibility index (Phi) is 20.3. The second-order valence-corrected chi connectivity index (χ2v) is 14.8. The van der Waals surface area contributed by atoms with E-state index in [2.05, 4.69) is 10.6 Å². The van der Waals surface area contributed by atoms with Gasteiger partial charge in [-0.1, -0.05) is 0 Å². The predicted octanol–water partition coefficient (Wildman–Crippen LogP) is 0.258. The van der Waals surface area contributed by atoms with Crippen LogP contribution in [0.5, 0.6) is 0 Å². The molecule has 0 aliphatic carbocycles. The molecule has 16 nitrogen and oxygen atoms in total. The van der Waals surface area contributed by atoms with Crippen molar-refractivity contribution < 1.29 is 68.1 Å². The number of hydrogen-bond acceptors (Lipinski definition) is 14. The third-order valence-corrected chi connectivity index (χ3v) is 8.00. The molecule has 0 heterocycles. The number of hydrogen-bond donors (Lipinski definition) is 6. The summed E-state index contributed by atoms with van der Waals surface area (Å²) in [5, 5.41) is 41.7. The van der Waals surface area contributed by atoms with Crippen LogP contribution in [0.3, 0.4) is 0 Å². The zero-order valence-corrected chi connectivity index (χ0v) is 30.9. The van der Waals surface area contributed by atoms with E-state index in [0.29, 0.717) is 0 Å². The lowest BCUT2D eigenvalue weighted by atomic mass is 9.74. The van der Waals surface area contributed by atoms with Crippen molar-refractivity contribution in [3.05, 3.63) is 0 Å². The van der Waals surface area contributed by atoms with E-state index in [1.807, 2.05) is 0 Å². The summed E-state index contributed by atoms with van der Waals surface area (Å²) in [4.78, 5) is 77.8. The molecule has 0 spiro atoms. The molecule has 0 rings (SSSR count). The van der Waals surface area contributed by atoms with Crippen LogP contribution in [0, 0.1) is 33.5 Å². The van der Waals surface area contributed by atoms with Gasteiger partial charge in [0.15, 0.2) is 0 Å². The van der Waals surface area contributed by atoms with E-state index >= 15 is 0 Å². The number of aliphatic hydroxyl groups is 4. The SMILES string of the molecule is CC(C)(CC(CC(C)(C)C(=O)OCCO)C(=O)NCCNC(=O)C(CC(C)(C)C(=O)OCCO)CC(C)(C)C(=O)OCCO)C(=O)OCCO. The van der Waals surface area contributed by atoms with E-state index in [-0.39, 0.29) is 91.6 Å². The summed E-state index contributed by atoms with van der Waals surface area (Å²) in [6, 6.07) is 0. The molecule has 0 fully saturated rings. The molecule has 0 aliphatic rings. The first-order valence-corrected chi connectivity index (χ1v) is 16.8. The number of carbonyl (C=O) groups is 6. The van der Waals surface area contributed by atoms with Crippen LogP contribution < -0.4 is 10.6 Å². The zero-order valence-electron chi connectivity index (χ0n) is 30.9. The van der Waals surface area contributed by atoms with Gasteiger partial charge in [-0.15, -0.1) is 0 Å². The molecule has 0 unspecified atom stereocenters. The molecule has 0 aliphatic heterocycles. The van der Waals surface area contributed by atoms with Gasteiger partial charge in [0, 0.05) is 24.9 Å². The molecular formula is C34H60N2O14. The molecule has 0 saturated carbocycles. The van der Waals surface area contributed by atoms with E-state index in [9.17, 15) is 28.8 Å². The van der Waals surface area contributed by atoms with Crippen LogP contribution in [-0.2, 0) is 47.7 Å². The van der Waals surface area contributed by atoms with Crippen LogP contribution in [-0.4, -0.2) is 122 Å². The highest BCUT2D eigenvalue weighted by Gasteiger charge is 2.42. The highest BCUT2D eigenvalue weighted by Crippen LogP contribution is 2.37. The smallest absolute Gasteiger partial charge is 0.311 e. The molecule has 6 N–H and O–H groups in total. The fourth-order valence-electron chi connectivity index (χ4n) is 5.31. The Morgan fingerprint density at radius 3 is 0.820 bits per heavy atom. The minimum absolute atomic E-state index is 0.0306. The molecule has 0 radical (unpaired) electrons. The van der Waals surface area contributed by atoms with Gasteiger partial charge in [-0.2, -0.15) is 0 Å². The lowest BCUT2D eigenvalue weighted by Crippen LogP contribution is -2.44. The van der Waals surface area contributed by atoms with Crippen molar-refractivity contribution in [3.63, 3.8) is 0 Å². The van der Waals surface area contributed by atoms with Crippen LogP contribution in [0.4, 0.5) is 0 Å². The van der Waals surface area contributed by atoms with Gasteiger partial charge >= 0.3 is 23.9 Å². The van der Waals surface area contributed by atoms with E-state index in [0.717, 1.165) is 0 Å². The average molecular weight is 721 g/mol. The predicted molar refractivity (Wildman–Crippen MR) is 179 cm³/mol. The third kappa shape index (κ3) is 16.6. The van der Waals surface area contributed by atoms with Crippen LogP contribution in [0.25, 0.3) is 0 Å². The van der Waals surface area contributed by atoms with Gasteiger partial charge in [-0.3, -0.25) is 28.8 Å². The van der Waals surface area contributed by atoms with Crippen LogP contribution >= 0.6 is 0 Å². The highest BCUT2D eigenvalue weighted by molar-refractivity contribution is 5.84. The lowest BCUT2D eigenvalue weighted by Gasteiger charge is -2.32. The molecule has 50 heavy (non-hydrogen) atoms. The molecule has 290 valence electrons. The Balaban J connectivity index is 5.91. The minimum Gasteiger partial charge on any atom is -0.463 e. The average Bonchev–Trinajstić information content (AvgIpc) is 3.03. The van der Waals surface area contributed by atoms with Gasteiger partial charge in [0.25, 0.3) is 0 Å². The number of carbonyl (C=O) groups excluding carboxylic acids is 6. The maximum absolute atomic E-state index is 13.5. The first-order chi connectivity index (χ1) is 23.1. The zero-order chi connectivity index (χ0) is 38.8. The highest BCUT2D eigenvalue weighted by atomic mass is 16.6. The van der Waals surface area contributed by atoms with E-state index in [4.69, 9.17) is 39.4 Å². The van der Waals surface area contributed by atoms with E-state index < -0.39 is 69.2 Å². The number of esters is 4. The molecule has 0 aromatic heterocycles. The topological polar surface area (TPSA) is 244 Å². The Morgan fingerprint density at radius 2 is 0.640 bits per heavy atom. The van der Waals surface area contributed by atoms with E-state index in [1.165, 1.54) is 0 Å². The minimum atomic E-state index is -1.18. The fraction of sp³-hybridized carbons (Fsp3) is 0.824. The van der Waals surface area contributed by atoms with Gasteiger partial charge in [0.05, 0.1) is 48.1 Å². The van der Waals surface area contributed by atoms with Gasteiger partial charge in [0.2, 0.25) is 11.8 Å². The first kappa shape index (κ1) is 46.7. The van der Waals surface area contributed by atoms with Gasteiger partial charge in [-0.05, 0) is 81.1 Å². The molecular weight excluding hydrogens is 660 g/mol. The Labute approximate surface area is 294 Å². The van der Waals surface area contributed by atoms with Crippen LogP contribution in [0.15, 0.2) is 0 Å². The van der Waals surface area contributed by atoms with Gasteiger partial charge in [-0.25, -0.2) is 0 Å². The summed E-state index contributed by atoms with van der Waals surface area (Å²) < 4.78 is 20.3. The van der Waals surface area contributed by atoms with Gasteiger partial charge in [0.1, 0.15) is 26.4 Å².